The Kier molecular flexibility index (Phi) is 36.6. The molecule has 27 nitrogen and oxygen atoms in total. The molecule has 6 aromatic carbocycles. The van der Waals surface area contributed by atoms with Crippen LogP contribution < -0.4 is 61.8 Å². The van der Waals surface area contributed by atoms with Crippen molar-refractivity contribution in [2.24, 2.45) is 35.1 Å². The summed E-state index contributed by atoms with van der Waals surface area (Å²) in [5, 5.41) is 20.8. The summed E-state index contributed by atoms with van der Waals surface area (Å²) < 4.78 is 201. The molecule has 10 aromatic rings. The summed E-state index contributed by atoms with van der Waals surface area (Å²) in [5.74, 6) is -4.28. The highest BCUT2D eigenvalue weighted by atomic mass is 19.4. The number of morpholine rings is 2. The predicted molar refractivity (Wildman–Crippen MR) is 508 cm³/mol. The van der Waals surface area contributed by atoms with E-state index in [2.05, 4.69) is 70.6 Å². The molecule has 9 N–H and O–H groups in total. The topological polar surface area (TPSA) is 342 Å². The number of hydrogen-bond acceptors (Lipinski definition) is 23. The number of rotatable bonds is 33. The first kappa shape index (κ1) is 106. The number of aliphatic carboxylic acids is 1. The van der Waals surface area contributed by atoms with E-state index in [0.29, 0.717) is 134 Å². The average molecular weight is 1990 g/mol. The highest BCUT2D eigenvalue weighted by Gasteiger charge is 2.38. The van der Waals surface area contributed by atoms with Gasteiger partial charge in [0.15, 0.2) is 46.5 Å². The van der Waals surface area contributed by atoms with Gasteiger partial charge in [0.1, 0.15) is 36.8 Å². The number of ether oxygens (including phenoxy) is 4. The molecule has 760 valence electrons. The van der Waals surface area contributed by atoms with Crippen LogP contribution in [0.4, 0.5) is 97.8 Å². The number of amides is 3. The van der Waals surface area contributed by atoms with Crippen LogP contribution in [0.15, 0.2) is 171 Å². The van der Waals surface area contributed by atoms with Crippen LogP contribution in [-0.2, 0) is 73.0 Å². The summed E-state index contributed by atoms with van der Waals surface area (Å²) in [6.45, 7) is 7.01. The van der Waals surface area contributed by atoms with Crippen LogP contribution >= 0.6 is 0 Å². The maximum Gasteiger partial charge on any atom is 0.416 e. The van der Waals surface area contributed by atoms with E-state index < -0.39 is 59.1 Å². The van der Waals surface area contributed by atoms with Crippen LogP contribution in [0.3, 0.4) is 0 Å². The molecule has 2 saturated carbocycles. The third-order valence-electron chi connectivity index (χ3n) is 26.0. The van der Waals surface area contributed by atoms with Gasteiger partial charge in [0.25, 0.3) is 5.92 Å². The van der Waals surface area contributed by atoms with E-state index in [-0.39, 0.29) is 131 Å². The number of piperidine rings is 1. The Bertz CT molecular complexity index is 5620. The Morgan fingerprint density at radius 1 is 0.408 bits per heavy atom. The van der Waals surface area contributed by atoms with Crippen molar-refractivity contribution in [2.75, 3.05) is 108 Å². The first-order chi connectivity index (χ1) is 67.9. The summed E-state index contributed by atoms with van der Waals surface area (Å²) in [5.41, 5.74) is 16.8. The minimum atomic E-state index is -4.41. The number of benzene rings is 6. The highest BCUT2D eigenvalue weighted by molar-refractivity contribution is 5.78. The molecule has 4 aromatic heterocycles. The van der Waals surface area contributed by atoms with E-state index in [1.807, 2.05) is 63.2 Å². The van der Waals surface area contributed by atoms with Crippen LogP contribution in [0.1, 0.15) is 203 Å². The van der Waals surface area contributed by atoms with Gasteiger partial charge in [-0.2, -0.15) is 43.9 Å². The Hall–Kier alpha value is -13.3. The zero-order valence-corrected chi connectivity index (χ0v) is 79.1. The van der Waals surface area contributed by atoms with Crippen LogP contribution in [-0.4, -0.2) is 154 Å². The molecular weight excluding hydrogens is 1870 g/mol. The number of anilines is 7. The number of nitrogens with zero attached hydrogens (tertiary/aromatic N) is 12. The van der Waals surface area contributed by atoms with Gasteiger partial charge in [0.05, 0.1) is 74.7 Å². The number of aryl methyl sites for hydroxylation is 2. The number of aromatic nitrogens is 8. The summed E-state index contributed by atoms with van der Waals surface area (Å²) in [4.78, 5) is 85.2. The van der Waals surface area contributed by atoms with Crippen molar-refractivity contribution in [1.82, 2.24) is 45.2 Å². The zero-order chi connectivity index (χ0) is 101. The van der Waals surface area contributed by atoms with Gasteiger partial charge in [-0.3, -0.25) is 19.2 Å². The normalized spacial score (nSPS) is 19.5. The molecule has 142 heavy (non-hydrogen) atoms. The summed E-state index contributed by atoms with van der Waals surface area (Å²) in [6, 6.07) is 37.5. The van der Waals surface area contributed by atoms with E-state index in [4.69, 9.17) is 26.0 Å². The van der Waals surface area contributed by atoms with Crippen molar-refractivity contribution in [3.63, 3.8) is 0 Å². The summed E-state index contributed by atoms with van der Waals surface area (Å²) in [7, 11) is 1.58. The van der Waals surface area contributed by atoms with Gasteiger partial charge in [-0.1, -0.05) is 109 Å². The average Bonchev–Trinajstić information content (AvgIpc) is 1.25. The summed E-state index contributed by atoms with van der Waals surface area (Å²) >= 11 is 0. The highest BCUT2D eigenvalue weighted by Crippen LogP contribution is 2.44. The molecule has 16 rings (SSSR count). The van der Waals surface area contributed by atoms with Gasteiger partial charge < -0.3 is 76.4 Å². The molecular formula is C102H117F13N18O9. The van der Waals surface area contributed by atoms with Gasteiger partial charge in [-0.25, -0.2) is 53.0 Å². The quantitative estimate of drug-likeness (QED) is 0.0188. The van der Waals surface area contributed by atoms with E-state index >= 15 is 17.6 Å². The van der Waals surface area contributed by atoms with E-state index in [9.17, 15) is 58.7 Å². The molecule has 4 aliphatic heterocycles. The van der Waals surface area contributed by atoms with Crippen molar-refractivity contribution >= 4 is 64.4 Å². The first-order valence-electron chi connectivity index (χ1n) is 47.4. The van der Waals surface area contributed by atoms with E-state index in [1.54, 1.807) is 48.3 Å². The number of primary amides is 2. The monoisotopic (exact) mass is 1980 g/mol. The molecule has 40 heteroatoms. The van der Waals surface area contributed by atoms with Gasteiger partial charge in [-0.15, -0.1) is 0 Å². The molecule has 4 saturated heterocycles. The van der Waals surface area contributed by atoms with Crippen LogP contribution in [0.5, 0.6) is 11.5 Å². The number of likely N-dealkylation sites (N-methyl/N-ethyl adjacent to an activating group) is 1. The lowest BCUT2D eigenvalue weighted by atomic mass is 9.80. The second-order valence-corrected chi connectivity index (χ2v) is 36.5. The third-order valence-corrected chi connectivity index (χ3v) is 26.0. The van der Waals surface area contributed by atoms with Gasteiger partial charge in [0, 0.05) is 92.0 Å². The number of nitrogens with two attached hydrogens (primary N) is 2. The SMILES string of the molecule is CC(F)(F)Oc1ccc(C2COCCN2c2ncnc(NCC3CCC(CC(=O)O)CC3)c2F)cc1.CC(F)(F)Oc1ccc(C2COCCN2c2ncnc(NCC3CCC(CC(N)=O)CC3)c2F)cc1.CC(F)(F)c1ccc(C2CCCN2c2ncnc(CCc3ccc(CC(N)=O)cc3)c2F)cc1.CNC(=O)Cc1ccc(CNc2ncnc(N3CCCCC3c3ccc(C(F)(F)F)cc3)c2F)cc1. The smallest absolute Gasteiger partial charge is 0.416 e. The number of carboxylic acids is 1. The molecule has 0 bridgehead atoms. The van der Waals surface area contributed by atoms with Gasteiger partial charge in [0.2, 0.25) is 35.2 Å². The van der Waals surface area contributed by atoms with E-state index in [0.717, 1.165) is 135 Å². The molecule has 4 atom stereocenters. The van der Waals surface area contributed by atoms with Crippen molar-refractivity contribution < 1.29 is 100 Å². The van der Waals surface area contributed by atoms with Crippen LogP contribution in [0.25, 0.3) is 0 Å². The van der Waals surface area contributed by atoms with Gasteiger partial charge >= 0.3 is 24.4 Å². The van der Waals surface area contributed by atoms with Crippen molar-refractivity contribution in [3.8, 4) is 11.5 Å². The molecule has 0 spiro atoms. The lowest BCUT2D eigenvalue weighted by molar-refractivity contribution is -0.159. The zero-order valence-electron chi connectivity index (χ0n) is 79.1. The fourth-order valence-electron chi connectivity index (χ4n) is 18.6. The second-order valence-electron chi connectivity index (χ2n) is 36.5. The molecule has 3 amide bonds. The maximum absolute atomic E-state index is 15.5. The second kappa shape index (κ2) is 48.9. The number of halogens is 13. The van der Waals surface area contributed by atoms with Crippen molar-refractivity contribution in [2.45, 2.75) is 198 Å². The molecule has 6 aliphatic rings. The Balaban J connectivity index is 0.000000159. The number of alkyl halides is 9. The fraction of sp³-hybridized carbons (Fsp3) is 0.451. The maximum atomic E-state index is 15.5. The lowest BCUT2D eigenvalue weighted by Crippen LogP contribution is -2.40. The van der Waals surface area contributed by atoms with Crippen LogP contribution in [0, 0.1) is 46.9 Å². The van der Waals surface area contributed by atoms with Crippen molar-refractivity contribution in [3.05, 3.63) is 255 Å². The third kappa shape index (κ3) is 30.2. The molecule has 4 unspecified atom stereocenters. The minimum absolute atomic E-state index is 0.0335. The molecule has 2 aliphatic carbocycles. The predicted octanol–water partition coefficient (Wildman–Crippen LogP) is 19.3. The molecule has 8 heterocycles. The first-order valence-corrected chi connectivity index (χ1v) is 47.4. The minimum Gasteiger partial charge on any atom is -0.481 e. The lowest BCUT2D eigenvalue weighted by Gasteiger charge is -2.37. The van der Waals surface area contributed by atoms with E-state index in [1.165, 1.54) is 73.8 Å². The van der Waals surface area contributed by atoms with Crippen LogP contribution in [0.2, 0.25) is 0 Å². The fourth-order valence-corrected chi connectivity index (χ4v) is 18.6. The Labute approximate surface area is 814 Å². The Morgan fingerprint density at radius 3 is 1.22 bits per heavy atom. The molecule has 0 radical (unpaired) electrons. The largest absolute Gasteiger partial charge is 0.481 e. The number of carbonyl (C=O) groups is 4. The number of hydrogen-bond donors (Lipinski definition) is 7. The summed E-state index contributed by atoms with van der Waals surface area (Å²) in [6.07, 6.45) is 7.67. The van der Waals surface area contributed by atoms with Gasteiger partial charge in [-0.05, 0) is 201 Å². The number of nitrogens with one attached hydrogen (secondary N) is 4. The standard InChI is InChI=1S/C26H27F4N5O.C26H27F3N4O.C25H32F3N5O3.C25H31F3N4O4/c1-31-22(36)14-17-5-7-18(8-6-17)15-32-24-23(27)25(34-16-33-24)35-13-3-2-4-21(35)19-9-11-20(12-10-19)26(28,29)30;1-26(28,29)20-11-9-19(10-12-20)22-3-2-14-33(22)25-24(27)21(31-16-32-25)13-8-17-4-6-18(7-5-17)15-23(30)34;1-25(27,28)36-19-8-6-18(7-9-19)20-14-35-11-10-33(20)24-22(26)23(31-15-32-24)30-13-17-4-2-16(3-5-17)12-21(29)34;1-25(27,28)36-19-8-6-18(7-9-19)20-14-35-11-10-32(20)24-22(26)23(30-15-31-24)29-13-17-4-2-16(3-5-17)12-21(33)34/h5-12,16,21H,2-4,13-15H2,1H3,(H,31,36)(H,32,33,34);4-7,9-12,16,22H,2-3,8,13-15H2,1H3,(H2,30,34);6-9,15-17,20H,2-5,10-14H2,1H3,(H2,29,34)(H,30,31,32);6-9,15-17,20H,2-5,10-14H2,1H3,(H,33,34)(H,29,30,31). The number of carbonyl (C=O) groups excluding carboxylic acids is 3. The Morgan fingerprint density at radius 2 is 0.789 bits per heavy atom. The molecule has 6 fully saturated rings. The number of carboxylic acid groups (broad SMARTS) is 1. The van der Waals surface area contributed by atoms with Crippen molar-refractivity contribution in [1.29, 1.82) is 0 Å².